The molecule has 0 saturated heterocycles. The van der Waals surface area contributed by atoms with Gasteiger partial charge in [-0.1, -0.05) is 30.3 Å². The highest BCUT2D eigenvalue weighted by molar-refractivity contribution is 5.95. The predicted molar refractivity (Wildman–Crippen MR) is 148 cm³/mol. The third-order valence-corrected chi connectivity index (χ3v) is 6.47. The lowest BCUT2D eigenvalue weighted by Crippen LogP contribution is -2.57. The zero-order valence-electron chi connectivity index (χ0n) is 22.3. The van der Waals surface area contributed by atoms with Crippen molar-refractivity contribution < 1.29 is 39.3 Å². The van der Waals surface area contributed by atoms with Crippen molar-refractivity contribution in [3.05, 3.63) is 65.9 Å². The van der Waals surface area contributed by atoms with E-state index in [-0.39, 0.29) is 25.0 Å². The monoisotopic (exact) mass is 567 g/mol. The van der Waals surface area contributed by atoms with Gasteiger partial charge in [-0.2, -0.15) is 0 Å². The van der Waals surface area contributed by atoms with E-state index in [0.29, 0.717) is 11.1 Å². The SMILES string of the molecule is CC(NC(=O)C(CCC(=O)O)NC(=O)C(Cc1c[nH]c2ccccc12)NC(=O)C(N)Cc1ccc(O)cc1)C(=O)O. The van der Waals surface area contributed by atoms with Gasteiger partial charge in [-0.05, 0) is 49.1 Å². The molecule has 3 rings (SSSR count). The molecule has 13 nitrogen and oxygen atoms in total. The van der Waals surface area contributed by atoms with Crippen molar-refractivity contribution >= 4 is 40.6 Å². The predicted octanol–water partition coefficient (Wildman–Crippen LogP) is 0.410. The standard InChI is InChI=1S/C28H33N5O8/c1-15(28(40)41)31-26(38)22(10-11-24(35)36)32-27(39)23(13-17-14-30-21-5-3-2-4-19(17)21)33-25(37)20(29)12-16-6-8-18(34)9-7-16/h2-9,14-15,20,22-23,30,34H,10-13,29H2,1H3,(H,31,38)(H,32,39)(H,33,37)(H,35,36)(H,40,41). The molecule has 4 atom stereocenters. The number of phenols is 1. The van der Waals surface area contributed by atoms with Crippen molar-refractivity contribution in [1.29, 1.82) is 0 Å². The number of aliphatic carboxylic acids is 2. The Kier molecular flexibility index (Phi) is 10.4. The number of carbonyl (C=O) groups is 5. The van der Waals surface area contributed by atoms with Crippen molar-refractivity contribution in [3.63, 3.8) is 0 Å². The summed E-state index contributed by atoms with van der Waals surface area (Å²) < 4.78 is 0. The number of carbonyl (C=O) groups excluding carboxylic acids is 3. The fourth-order valence-corrected chi connectivity index (χ4v) is 4.17. The number of H-pyrrole nitrogens is 1. The number of aromatic nitrogens is 1. The molecule has 1 heterocycles. The van der Waals surface area contributed by atoms with Crippen LogP contribution in [0, 0.1) is 0 Å². The number of carboxylic acid groups (broad SMARTS) is 2. The van der Waals surface area contributed by atoms with Gasteiger partial charge in [0.1, 0.15) is 23.9 Å². The highest BCUT2D eigenvalue weighted by Gasteiger charge is 2.30. The zero-order valence-corrected chi connectivity index (χ0v) is 22.3. The lowest BCUT2D eigenvalue weighted by Gasteiger charge is -2.24. The Balaban J connectivity index is 1.83. The fourth-order valence-electron chi connectivity index (χ4n) is 4.17. The Morgan fingerprint density at radius 3 is 2.15 bits per heavy atom. The number of hydrogen-bond donors (Lipinski definition) is 8. The minimum Gasteiger partial charge on any atom is -0.508 e. The van der Waals surface area contributed by atoms with E-state index in [2.05, 4.69) is 20.9 Å². The molecule has 0 bridgehead atoms. The van der Waals surface area contributed by atoms with Crippen LogP contribution in [0.3, 0.4) is 0 Å². The number of hydrogen-bond acceptors (Lipinski definition) is 7. The van der Waals surface area contributed by atoms with Crippen molar-refractivity contribution in [2.24, 2.45) is 5.73 Å². The average Bonchev–Trinajstić information content (AvgIpc) is 3.34. The summed E-state index contributed by atoms with van der Waals surface area (Å²) >= 11 is 0. The van der Waals surface area contributed by atoms with Gasteiger partial charge < -0.3 is 42.0 Å². The molecule has 0 saturated carbocycles. The number of nitrogens with two attached hydrogens (primary N) is 1. The van der Waals surface area contributed by atoms with E-state index in [1.807, 2.05) is 24.3 Å². The number of para-hydroxylation sites is 1. The van der Waals surface area contributed by atoms with Gasteiger partial charge in [-0.25, -0.2) is 0 Å². The van der Waals surface area contributed by atoms with Gasteiger partial charge in [-0.15, -0.1) is 0 Å². The number of benzene rings is 2. The summed E-state index contributed by atoms with van der Waals surface area (Å²) in [6.07, 6.45) is 1.03. The lowest BCUT2D eigenvalue weighted by atomic mass is 10.0. The van der Waals surface area contributed by atoms with E-state index in [4.69, 9.17) is 15.9 Å². The summed E-state index contributed by atoms with van der Waals surface area (Å²) in [6.45, 7) is 1.23. The maximum Gasteiger partial charge on any atom is 0.325 e. The number of amides is 3. The van der Waals surface area contributed by atoms with Gasteiger partial charge in [0.25, 0.3) is 0 Å². The molecular formula is C28H33N5O8. The van der Waals surface area contributed by atoms with Gasteiger partial charge in [0.15, 0.2) is 0 Å². The van der Waals surface area contributed by atoms with Crippen molar-refractivity contribution in [1.82, 2.24) is 20.9 Å². The molecule has 13 heteroatoms. The van der Waals surface area contributed by atoms with Crippen LogP contribution in [-0.4, -0.2) is 74.1 Å². The summed E-state index contributed by atoms with van der Waals surface area (Å²) in [5, 5.41) is 35.9. The Morgan fingerprint density at radius 1 is 0.854 bits per heavy atom. The summed E-state index contributed by atoms with van der Waals surface area (Å²) in [6, 6.07) is 8.54. The highest BCUT2D eigenvalue weighted by Crippen LogP contribution is 2.19. The molecule has 3 amide bonds. The average molecular weight is 568 g/mol. The van der Waals surface area contributed by atoms with Gasteiger partial charge in [0.2, 0.25) is 17.7 Å². The molecule has 0 fully saturated rings. The number of aromatic amines is 1. The summed E-state index contributed by atoms with van der Waals surface area (Å²) in [5.74, 6) is -4.78. The fraction of sp³-hybridized carbons (Fsp3) is 0.321. The van der Waals surface area contributed by atoms with E-state index < -0.39 is 60.2 Å². The van der Waals surface area contributed by atoms with Crippen LogP contribution < -0.4 is 21.7 Å². The third-order valence-electron chi connectivity index (χ3n) is 6.47. The second kappa shape index (κ2) is 13.9. The molecule has 41 heavy (non-hydrogen) atoms. The molecule has 0 spiro atoms. The number of carboxylic acids is 2. The smallest absolute Gasteiger partial charge is 0.325 e. The Hall–Kier alpha value is -4.91. The first kappa shape index (κ1) is 30.6. The molecule has 0 radical (unpaired) electrons. The van der Waals surface area contributed by atoms with Gasteiger partial charge >= 0.3 is 11.9 Å². The third kappa shape index (κ3) is 8.80. The Labute approximate surface area is 235 Å². The first-order chi connectivity index (χ1) is 19.4. The number of nitrogens with one attached hydrogen (secondary N) is 4. The van der Waals surface area contributed by atoms with Crippen LogP contribution >= 0.6 is 0 Å². The zero-order chi connectivity index (χ0) is 30.1. The van der Waals surface area contributed by atoms with E-state index in [1.54, 1.807) is 18.3 Å². The van der Waals surface area contributed by atoms with E-state index >= 15 is 0 Å². The van der Waals surface area contributed by atoms with Crippen LogP contribution in [0.2, 0.25) is 0 Å². The van der Waals surface area contributed by atoms with Crippen LogP contribution in [-0.2, 0) is 36.8 Å². The summed E-state index contributed by atoms with van der Waals surface area (Å²) in [4.78, 5) is 64.8. The minimum absolute atomic E-state index is 0.00626. The molecule has 0 aliphatic rings. The van der Waals surface area contributed by atoms with E-state index in [0.717, 1.165) is 10.9 Å². The normalized spacial score (nSPS) is 13.9. The first-order valence-corrected chi connectivity index (χ1v) is 12.9. The molecule has 0 aliphatic carbocycles. The number of aromatic hydroxyl groups is 1. The van der Waals surface area contributed by atoms with Crippen molar-refractivity contribution in [3.8, 4) is 5.75 Å². The molecule has 2 aromatic carbocycles. The maximum absolute atomic E-state index is 13.5. The molecule has 0 aliphatic heterocycles. The topological polar surface area (TPSA) is 224 Å². The number of rotatable bonds is 14. The molecule has 1 aromatic heterocycles. The maximum atomic E-state index is 13.5. The quantitative estimate of drug-likeness (QED) is 0.135. The van der Waals surface area contributed by atoms with Crippen molar-refractivity contribution in [2.45, 2.75) is 56.8 Å². The summed E-state index contributed by atoms with van der Waals surface area (Å²) in [5.41, 5.74) is 8.30. The molecule has 4 unspecified atom stereocenters. The Bertz CT molecular complexity index is 1400. The van der Waals surface area contributed by atoms with Gasteiger partial charge in [0, 0.05) is 29.9 Å². The molecule has 9 N–H and O–H groups in total. The van der Waals surface area contributed by atoms with Crippen molar-refractivity contribution in [2.75, 3.05) is 0 Å². The highest BCUT2D eigenvalue weighted by atomic mass is 16.4. The number of fused-ring (bicyclic) bond motifs is 1. The van der Waals surface area contributed by atoms with E-state index in [1.165, 1.54) is 19.1 Å². The van der Waals surface area contributed by atoms with Crippen LogP contribution in [0.1, 0.15) is 30.9 Å². The first-order valence-electron chi connectivity index (χ1n) is 12.9. The van der Waals surface area contributed by atoms with E-state index in [9.17, 15) is 29.1 Å². The van der Waals surface area contributed by atoms with Gasteiger partial charge in [-0.3, -0.25) is 24.0 Å². The van der Waals surface area contributed by atoms with Crippen LogP contribution in [0.15, 0.2) is 54.7 Å². The largest absolute Gasteiger partial charge is 0.508 e. The molecular weight excluding hydrogens is 534 g/mol. The minimum atomic E-state index is -1.38. The number of phenolic OH excluding ortho intramolecular Hbond substituents is 1. The van der Waals surface area contributed by atoms with Gasteiger partial charge in [0.05, 0.1) is 6.04 Å². The van der Waals surface area contributed by atoms with Crippen LogP contribution in [0.25, 0.3) is 10.9 Å². The van der Waals surface area contributed by atoms with Crippen LogP contribution in [0.4, 0.5) is 0 Å². The van der Waals surface area contributed by atoms with Crippen LogP contribution in [0.5, 0.6) is 5.75 Å². The summed E-state index contributed by atoms with van der Waals surface area (Å²) in [7, 11) is 0. The molecule has 218 valence electrons. The molecule has 3 aromatic rings. The second-order valence-electron chi connectivity index (χ2n) is 9.66. The Morgan fingerprint density at radius 2 is 1.49 bits per heavy atom. The lowest BCUT2D eigenvalue weighted by molar-refractivity contribution is -0.142. The second-order valence-corrected chi connectivity index (χ2v) is 9.66.